The molecule has 0 radical (unpaired) electrons. The molecule has 0 aliphatic carbocycles. The molecule has 2 aromatic carbocycles. The number of ether oxygens (including phenoxy) is 1. The number of hydrogen-bond donors (Lipinski definition) is 2. The maximum Gasteiger partial charge on any atom is 0.194 e. The molecule has 0 bridgehead atoms. The summed E-state index contributed by atoms with van der Waals surface area (Å²) in [6, 6.07) is 15.2. The Kier molecular flexibility index (Phi) is 7.75. The van der Waals surface area contributed by atoms with Crippen LogP contribution < -0.4 is 10.1 Å². The van der Waals surface area contributed by atoms with E-state index in [1.807, 2.05) is 61.3 Å². The van der Waals surface area contributed by atoms with Gasteiger partial charge < -0.3 is 20.1 Å². The summed E-state index contributed by atoms with van der Waals surface area (Å²) in [7, 11) is 3.62. The van der Waals surface area contributed by atoms with Crippen molar-refractivity contribution in [3.05, 3.63) is 64.7 Å². The highest BCUT2D eigenvalue weighted by atomic mass is 35.5. The molecule has 2 N–H and O–H groups in total. The van der Waals surface area contributed by atoms with E-state index in [0.717, 1.165) is 23.8 Å². The molecule has 2 aromatic rings. The summed E-state index contributed by atoms with van der Waals surface area (Å²) >= 11 is 6.15. The summed E-state index contributed by atoms with van der Waals surface area (Å²) < 4.78 is 5.19. The summed E-state index contributed by atoms with van der Waals surface area (Å²) in [5, 5.41) is 14.2. The van der Waals surface area contributed by atoms with Crippen LogP contribution in [0.4, 0.5) is 0 Å². The summed E-state index contributed by atoms with van der Waals surface area (Å²) in [5.41, 5.74) is 1.83. The van der Waals surface area contributed by atoms with Gasteiger partial charge in [-0.15, -0.1) is 0 Å². The highest BCUT2D eigenvalue weighted by Gasteiger charge is 2.12. The monoisotopic (exact) mass is 375 g/mol. The van der Waals surface area contributed by atoms with Crippen molar-refractivity contribution < 1.29 is 9.84 Å². The van der Waals surface area contributed by atoms with Gasteiger partial charge in [-0.3, -0.25) is 4.99 Å². The first kappa shape index (κ1) is 20.1. The highest BCUT2D eigenvalue weighted by Crippen LogP contribution is 2.22. The van der Waals surface area contributed by atoms with Crippen molar-refractivity contribution in [1.29, 1.82) is 0 Å². The Balaban J connectivity index is 2.05. The van der Waals surface area contributed by atoms with Crippen LogP contribution in [0.2, 0.25) is 5.02 Å². The van der Waals surface area contributed by atoms with Crippen molar-refractivity contribution in [2.75, 3.05) is 27.2 Å². The van der Waals surface area contributed by atoms with Gasteiger partial charge in [0.1, 0.15) is 11.9 Å². The van der Waals surface area contributed by atoms with E-state index in [1.54, 1.807) is 13.2 Å². The average molecular weight is 376 g/mol. The second kappa shape index (κ2) is 10.0. The topological polar surface area (TPSA) is 57.1 Å². The van der Waals surface area contributed by atoms with Crippen LogP contribution in [0, 0.1) is 0 Å². The van der Waals surface area contributed by atoms with Crippen molar-refractivity contribution in [1.82, 2.24) is 10.2 Å². The molecule has 26 heavy (non-hydrogen) atoms. The first-order valence-corrected chi connectivity index (χ1v) is 8.97. The second-order valence-corrected chi connectivity index (χ2v) is 6.34. The first-order chi connectivity index (χ1) is 12.5. The fraction of sp³-hybridized carbons (Fsp3) is 0.350. The number of methoxy groups -OCH3 is 1. The van der Waals surface area contributed by atoms with Crippen molar-refractivity contribution in [3.8, 4) is 5.75 Å². The average Bonchev–Trinajstić information content (AvgIpc) is 2.65. The molecule has 0 heterocycles. The smallest absolute Gasteiger partial charge is 0.194 e. The molecular formula is C20H26ClN3O2. The molecule has 140 valence electrons. The fourth-order valence-corrected chi connectivity index (χ4v) is 2.83. The Hall–Kier alpha value is -2.24. The molecule has 0 spiro atoms. The molecule has 1 unspecified atom stereocenters. The van der Waals surface area contributed by atoms with Gasteiger partial charge in [0.05, 0.1) is 13.7 Å². The number of benzene rings is 2. The standard InChI is InChI=1S/C20H26ClN3O2/c1-4-22-20(23-13-19(25)17-7-5-6-8-18(17)21)24(2)14-15-9-11-16(26-3)12-10-15/h5-12,19,25H,4,13-14H2,1-3H3,(H,22,23). The number of aliphatic hydroxyl groups is 1. The van der Waals surface area contributed by atoms with Crippen molar-refractivity contribution in [2.24, 2.45) is 4.99 Å². The Morgan fingerprint density at radius 3 is 2.54 bits per heavy atom. The van der Waals surface area contributed by atoms with E-state index in [9.17, 15) is 5.11 Å². The number of guanidine groups is 1. The molecule has 0 aromatic heterocycles. The lowest BCUT2D eigenvalue weighted by atomic mass is 10.1. The third-order valence-corrected chi connectivity index (χ3v) is 4.30. The SMILES string of the molecule is CCNC(=NCC(O)c1ccccc1Cl)N(C)Cc1ccc(OC)cc1. The number of rotatable bonds is 7. The molecule has 0 aliphatic heterocycles. The molecular weight excluding hydrogens is 350 g/mol. The third-order valence-electron chi connectivity index (χ3n) is 3.95. The van der Waals surface area contributed by atoms with Crippen molar-refractivity contribution in [2.45, 2.75) is 19.6 Å². The Morgan fingerprint density at radius 1 is 1.23 bits per heavy atom. The van der Waals surface area contributed by atoms with Gasteiger partial charge in [0.2, 0.25) is 0 Å². The van der Waals surface area contributed by atoms with E-state index >= 15 is 0 Å². The van der Waals surface area contributed by atoms with Crippen LogP contribution in [0.5, 0.6) is 5.75 Å². The molecule has 6 heteroatoms. The Bertz CT molecular complexity index is 719. The summed E-state index contributed by atoms with van der Waals surface area (Å²) in [6.45, 7) is 3.69. The normalized spacial score (nSPS) is 12.6. The number of aliphatic imine (C=N–C) groups is 1. The van der Waals surface area contributed by atoms with Gasteiger partial charge in [-0.25, -0.2) is 0 Å². The predicted molar refractivity (Wildman–Crippen MR) is 107 cm³/mol. The molecule has 5 nitrogen and oxygen atoms in total. The van der Waals surface area contributed by atoms with Crippen molar-refractivity contribution >= 4 is 17.6 Å². The van der Waals surface area contributed by atoms with E-state index < -0.39 is 6.10 Å². The lowest BCUT2D eigenvalue weighted by Gasteiger charge is -2.23. The largest absolute Gasteiger partial charge is 0.497 e. The van der Waals surface area contributed by atoms with Gasteiger partial charge in [-0.05, 0) is 30.7 Å². The fourth-order valence-electron chi connectivity index (χ4n) is 2.57. The van der Waals surface area contributed by atoms with Gasteiger partial charge >= 0.3 is 0 Å². The lowest BCUT2D eigenvalue weighted by Crippen LogP contribution is -2.38. The number of nitrogens with one attached hydrogen (secondary N) is 1. The number of halogens is 1. The summed E-state index contributed by atoms with van der Waals surface area (Å²) in [4.78, 5) is 6.58. The number of hydrogen-bond acceptors (Lipinski definition) is 3. The zero-order chi connectivity index (χ0) is 18.9. The summed E-state index contributed by atoms with van der Waals surface area (Å²) in [5.74, 6) is 1.56. The van der Waals surface area contributed by atoms with Crippen LogP contribution in [-0.4, -0.2) is 43.2 Å². The zero-order valence-corrected chi connectivity index (χ0v) is 16.2. The quantitative estimate of drug-likeness (QED) is 0.574. The molecule has 2 rings (SSSR count). The summed E-state index contributed by atoms with van der Waals surface area (Å²) in [6.07, 6.45) is -0.744. The van der Waals surface area contributed by atoms with E-state index in [-0.39, 0.29) is 6.54 Å². The molecule has 0 saturated carbocycles. The van der Waals surface area contributed by atoms with Crippen LogP contribution in [0.1, 0.15) is 24.2 Å². The zero-order valence-electron chi connectivity index (χ0n) is 15.4. The highest BCUT2D eigenvalue weighted by molar-refractivity contribution is 6.31. The minimum absolute atomic E-state index is 0.235. The minimum atomic E-state index is -0.744. The lowest BCUT2D eigenvalue weighted by molar-refractivity contribution is 0.186. The second-order valence-electron chi connectivity index (χ2n) is 5.94. The van der Waals surface area contributed by atoms with E-state index in [0.29, 0.717) is 17.1 Å². The third kappa shape index (κ3) is 5.64. The van der Waals surface area contributed by atoms with E-state index in [4.69, 9.17) is 16.3 Å². The van der Waals surface area contributed by atoms with Crippen LogP contribution in [0.3, 0.4) is 0 Å². The minimum Gasteiger partial charge on any atom is -0.497 e. The molecule has 0 saturated heterocycles. The first-order valence-electron chi connectivity index (χ1n) is 8.60. The molecule has 1 atom stereocenters. The molecule has 0 amide bonds. The van der Waals surface area contributed by atoms with E-state index in [1.165, 1.54) is 0 Å². The Labute approximate surface area is 160 Å². The van der Waals surface area contributed by atoms with Gasteiger partial charge in [0, 0.05) is 30.7 Å². The molecule has 0 fully saturated rings. The van der Waals surface area contributed by atoms with Crippen LogP contribution in [0.15, 0.2) is 53.5 Å². The van der Waals surface area contributed by atoms with Gasteiger partial charge in [0.25, 0.3) is 0 Å². The van der Waals surface area contributed by atoms with Gasteiger partial charge in [-0.2, -0.15) is 0 Å². The van der Waals surface area contributed by atoms with Gasteiger partial charge in [0.15, 0.2) is 5.96 Å². The predicted octanol–water partition coefficient (Wildman–Crippen LogP) is 3.48. The van der Waals surface area contributed by atoms with Crippen LogP contribution in [0.25, 0.3) is 0 Å². The number of nitrogens with zero attached hydrogens (tertiary/aromatic N) is 2. The molecule has 0 aliphatic rings. The van der Waals surface area contributed by atoms with Crippen molar-refractivity contribution in [3.63, 3.8) is 0 Å². The van der Waals surface area contributed by atoms with Gasteiger partial charge in [-0.1, -0.05) is 41.9 Å². The number of aliphatic hydroxyl groups excluding tert-OH is 1. The maximum absolute atomic E-state index is 10.4. The van der Waals surface area contributed by atoms with Crippen LogP contribution in [-0.2, 0) is 6.54 Å². The van der Waals surface area contributed by atoms with Crippen LogP contribution >= 0.6 is 11.6 Å². The van der Waals surface area contributed by atoms with E-state index in [2.05, 4.69) is 10.3 Å². The Morgan fingerprint density at radius 2 is 1.92 bits per heavy atom. The maximum atomic E-state index is 10.4.